The topological polar surface area (TPSA) is 15.7 Å². The molecule has 0 radical (unpaired) electrons. The molecule has 2 rings (SSSR count). The third-order valence-corrected chi connectivity index (χ3v) is 3.37. The molecule has 1 aliphatic rings. The first kappa shape index (κ1) is 13.2. The summed E-state index contributed by atoms with van der Waals surface area (Å²) in [5.41, 5.74) is 1.33. The number of hydrogen-bond acceptors (Lipinski definition) is 3. The quantitative estimate of drug-likeness (QED) is 0.796. The van der Waals surface area contributed by atoms with Crippen LogP contribution < -0.4 is 9.64 Å². The molecule has 3 heteroatoms. The second-order valence-corrected chi connectivity index (χ2v) is 5.19. The second-order valence-electron chi connectivity index (χ2n) is 5.19. The van der Waals surface area contributed by atoms with E-state index in [0.717, 1.165) is 18.9 Å². The van der Waals surface area contributed by atoms with Crippen LogP contribution in [0.5, 0.6) is 5.75 Å². The number of likely N-dealkylation sites (N-methyl/N-ethyl adjacent to an activating group) is 1. The number of ether oxygens (including phenoxy) is 1. The third-order valence-electron chi connectivity index (χ3n) is 3.37. The van der Waals surface area contributed by atoms with E-state index in [1.54, 1.807) is 0 Å². The highest BCUT2D eigenvalue weighted by atomic mass is 16.5. The van der Waals surface area contributed by atoms with Gasteiger partial charge in [0, 0.05) is 25.3 Å². The van der Waals surface area contributed by atoms with E-state index in [4.69, 9.17) is 4.74 Å². The van der Waals surface area contributed by atoms with Crippen LogP contribution in [-0.4, -0.2) is 45.2 Å². The van der Waals surface area contributed by atoms with Crippen LogP contribution in [0.1, 0.15) is 19.3 Å². The fourth-order valence-corrected chi connectivity index (χ4v) is 2.25. The molecule has 1 aliphatic heterocycles. The van der Waals surface area contributed by atoms with Gasteiger partial charge in [-0.05, 0) is 57.6 Å². The standard InChI is InChI=1S/C15H24N2O/c1-16(2)12-13-18-15-8-6-14(7-9-15)17-10-4-3-5-11-17/h6-9H,3-5,10-13H2,1-2H3. The van der Waals surface area contributed by atoms with Gasteiger partial charge in [-0.25, -0.2) is 0 Å². The summed E-state index contributed by atoms with van der Waals surface area (Å²) in [5.74, 6) is 0.970. The number of nitrogens with zero attached hydrogens (tertiary/aromatic N) is 2. The molecule has 0 atom stereocenters. The van der Waals surface area contributed by atoms with Crippen molar-refractivity contribution in [1.82, 2.24) is 4.90 Å². The summed E-state index contributed by atoms with van der Waals surface area (Å²) in [7, 11) is 4.12. The second kappa shape index (κ2) is 6.64. The number of anilines is 1. The lowest BCUT2D eigenvalue weighted by molar-refractivity contribution is 0.261. The van der Waals surface area contributed by atoms with E-state index in [0.29, 0.717) is 0 Å². The highest BCUT2D eigenvalue weighted by molar-refractivity contribution is 5.49. The van der Waals surface area contributed by atoms with E-state index in [2.05, 4.69) is 48.2 Å². The molecule has 1 saturated heterocycles. The van der Waals surface area contributed by atoms with Crippen molar-refractivity contribution in [2.24, 2.45) is 0 Å². The van der Waals surface area contributed by atoms with Crippen LogP contribution in [-0.2, 0) is 0 Å². The number of piperidine rings is 1. The van der Waals surface area contributed by atoms with Crippen LogP contribution in [0.15, 0.2) is 24.3 Å². The Morgan fingerprint density at radius 3 is 2.33 bits per heavy atom. The minimum atomic E-state index is 0.746. The van der Waals surface area contributed by atoms with Crippen molar-refractivity contribution in [3.05, 3.63) is 24.3 Å². The maximum atomic E-state index is 5.70. The van der Waals surface area contributed by atoms with Gasteiger partial charge < -0.3 is 14.5 Å². The van der Waals surface area contributed by atoms with E-state index >= 15 is 0 Å². The lowest BCUT2D eigenvalue weighted by Crippen LogP contribution is -2.29. The van der Waals surface area contributed by atoms with E-state index in [1.807, 2.05) is 0 Å². The minimum Gasteiger partial charge on any atom is -0.492 e. The van der Waals surface area contributed by atoms with E-state index in [9.17, 15) is 0 Å². The van der Waals surface area contributed by atoms with Gasteiger partial charge in [-0.2, -0.15) is 0 Å². The van der Waals surface area contributed by atoms with Crippen molar-refractivity contribution < 1.29 is 4.74 Å². The Labute approximate surface area is 110 Å². The summed E-state index contributed by atoms with van der Waals surface area (Å²) < 4.78 is 5.70. The molecular weight excluding hydrogens is 224 g/mol. The number of hydrogen-bond donors (Lipinski definition) is 0. The van der Waals surface area contributed by atoms with Crippen molar-refractivity contribution in [3.8, 4) is 5.75 Å². The molecule has 0 saturated carbocycles. The number of rotatable bonds is 5. The average molecular weight is 248 g/mol. The monoisotopic (exact) mass is 248 g/mol. The van der Waals surface area contributed by atoms with Crippen LogP contribution in [0.3, 0.4) is 0 Å². The summed E-state index contributed by atoms with van der Waals surface area (Å²) in [6.45, 7) is 4.09. The molecule has 0 spiro atoms. The van der Waals surface area contributed by atoms with Gasteiger partial charge in [-0.3, -0.25) is 0 Å². The lowest BCUT2D eigenvalue weighted by Gasteiger charge is -2.28. The third kappa shape index (κ3) is 3.91. The van der Waals surface area contributed by atoms with Gasteiger partial charge in [0.05, 0.1) is 0 Å². The molecule has 1 fully saturated rings. The van der Waals surface area contributed by atoms with E-state index < -0.39 is 0 Å². The Hall–Kier alpha value is -1.22. The molecular formula is C15H24N2O. The van der Waals surface area contributed by atoms with Crippen molar-refractivity contribution in [2.45, 2.75) is 19.3 Å². The predicted octanol–water partition coefficient (Wildman–Crippen LogP) is 2.62. The Morgan fingerprint density at radius 2 is 1.72 bits per heavy atom. The maximum absolute atomic E-state index is 5.70. The van der Waals surface area contributed by atoms with Crippen LogP contribution in [0.2, 0.25) is 0 Å². The lowest BCUT2D eigenvalue weighted by atomic mass is 10.1. The molecule has 18 heavy (non-hydrogen) atoms. The van der Waals surface area contributed by atoms with E-state index in [-0.39, 0.29) is 0 Å². The zero-order valence-corrected chi connectivity index (χ0v) is 11.6. The first-order chi connectivity index (χ1) is 8.75. The Balaban J connectivity index is 1.84. The Bertz CT molecular complexity index is 342. The summed E-state index contributed by atoms with van der Waals surface area (Å²) in [5, 5.41) is 0. The fourth-order valence-electron chi connectivity index (χ4n) is 2.25. The Kier molecular flexibility index (Phi) is 4.88. The van der Waals surface area contributed by atoms with Gasteiger partial charge >= 0.3 is 0 Å². The van der Waals surface area contributed by atoms with Crippen LogP contribution in [0.4, 0.5) is 5.69 Å². The highest BCUT2D eigenvalue weighted by Crippen LogP contribution is 2.22. The molecule has 0 aliphatic carbocycles. The van der Waals surface area contributed by atoms with Gasteiger partial charge in [-0.1, -0.05) is 0 Å². The molecule has 1 aromatic rings. The van der Waals surface area contributed by atoms with Crippen molar-refractivity contribution >= 4 is 5.69 Å². The SMILES string of the molecule is CN(C)CCOc1ccc(N2CCCCC2)cc1. The average Bonchev–Trinajstić information content (AvgIpc) is 2.40. The molecule has 0 aromatic heterocycles. The number of benzene rings is 1. The Morgan fingerprint density at radius 1 is 1.06 bits per heavy atom. The van der Waals surface area contributed by atoms with E-state index in [1.165, 1.54) is 38.0 Å². The van der Waals surface area contributed by atoms with Gasteiger partial charge in [0.1, 0.15) is 12.4 Å². The zero-order valence-electron chi connectivity index (χ0n) is 11.6. The normalized spacial score (nSPS) is 16.1. The van der Waals surface area contributed by atoms with Crippen molar-refractivity contribution in [2.75, 3.05) is 45.2 Å². The summed E-state index contributed by atoms with van der Waals surface area (Å²) in [4.78, 5) is 4.59. The van der Waals surface area contributed by atoms with Gasteiger partial charge in [0.2, 0.25) is 0 Å². The summed E-state index contributed by atoms with van der Waals surface area (Å²) in [6.07, 6.45) is 4.02. The largest absolute Gasteiger partial charge is 0.492 e. The van der Waals surface area contributed by atoms with Gasteiger partial charge in [0.25, 0.3) is 0 Å². The molecule has 0 N–H and O–H groups in total. The molecule has 100 valence electrons. The molecule has 3 nitrogen and oxygen atoms in total. The first-order valence-electron chi connectivity index (χ1n) is 6.88. The molecule has 0 amide bonds. The molecule has 1 heterocycles. The van der Waals surface area contributed by atoms with Crippen LogP contribution in [0, 0.1) is 0 Å². The smallest absolute Gasteiger partial charge is 0.119 e. The zero-order chi connectivity index (χ0) is 12.8. The summed E-state index contributed by atoms with van der Waals surface area (Å²) >= 11 is 0. The van der Waals surface area contributed by atoms with Gasteiger partial charge in [0.15, 0.2) is 0 Å². The molecule has 0 bridgehead atoms. The first-order valence-corrected chi connectivity index (χ1v) is 6.88. The fraction of sp³-hybridized carbons (Fsp3) is 0.600. The van der Waals surface area contributed by atoms with Crippen LogP contribution >= 0.6 is 0 Å². The summed E-state index contributed by atoms with van der Waals surface area (Å²) in [6, 6.07) is 8.52. The minimum absolute atomic E-state index is 0.746. The molecule has 1 aromatic carbocycles. The predicted molar refractivity (Wildman–Crippen MR) is 76.6 cm³/mol. The van der Waals surface area contributed by atoms with Crippen molar-refractivity contribution in [3.63, 3.8) is 0 Å². The molecule has 0 unspecified atom stereocenters. The highest BCUT2D eigenvalue weighted by Gasteiger charge is 2.10. The van der Waals surface area contributed by atoms with Crippen LogP contribution in [0.25, 0.3) is 0 Å². The van der Waals surface area contributed by atoms with Gasteiger partial charge in [-0.15, -0.1) is 0 Å². The maximum Gasteiger partial charge on any atom is 0.119 e. The van der Waals surface area contributed by atoms with Crippen molar-refractivity contribution in [1.29, 1.82) is 0 Å².